The van der Waals surface area contributed by atoms with Gasteiger partial charge in [0, 0.05) is 0 Å². The van der Waals surface area contributed by atoms with Gasteiger partial charge in [-0.15, -0.1) is 0 Å². The molecule has 0 aliphatic heterocycles. The fraction of sp³-hybridized carbons (Fsp3) is 0.357. The van der Waals surface area contributed by atoms with Gasteiger partial charge in [0.1, 0.15) is 5.76 Å². The van der Waals surface area contributed by atoms with E-state index in [4.69, 9.17) is 4.42 Å². The van der Waals surface area contributed by atoms with Gasteiger partial charge in [0.25, 0.3) is 0 Å². The second-order valence-corrected chi connectivity index (χ2v) is 3.67. The van der Waals surface area contributed by atoms with E-state index in [0.29, 0.717) is 12.0 Å². The molecule has 0 atom stereocenters. The lowest BCUT2D eigenvalue weighted by Crippen LogP contribution is -2.21. The van der Waals surface area contributed by atoms with Crippen molar-refractivity contribution in [2.24, 2.45) is 0 Å². The summed E-state index contributed by atoms with van der Waals surface area (Å²) >= 11 is 0. The number of aldehydes is 1. The van der Waals surface area contributed by atoms with E-state index in [9.17, 15) is 4.79 Å². The number of hydrogen-bond donors (Lipinski definition) is 0. The molecule has 2 aromatic rings. The standard InChI is InChI=1S/C9H15NO.C5H4O2/c1-3-10(4-2)8-9-6-5-7-11-9;6-4-5-2-1-3-7-5/h5-7H,3-4,8H2,1-2H3;1-4H. The van der Waals surface area contributed by atoms with Crippen LogP contribution in [0.25, 0.3) is 0 Å². The maximum Gasteiger partial charge on any atom is 0.185 e. The maximum atomic E-state index is 9.77. The Kier molecular flexibility index (Phi) is 6.58. The zero-order chi connectivity index (χ0) is 13.2. The van der Waals surface area contributed by atoms with Crippen LogP contribution < -0.4 is 0 Å². The molecule has 0 fully saturated rings. The summed E-state index contributed by atoms with van der Waals surface area (Å²) in [5.74, 6) is 1.42. The van der Waals surface area contributed by atoms with Crippen LogP contribution >= 0.6 is 0 Å². The summed E-state index contributed by atoms with van der Waals surface area (Å²) in [5, 5.41) is 0. The minimum Gasteiger partial charge on any atom is -0.468 e. The highest BCUT2D eigenvalue weighted by atomic mass is 16.3. The first-order chi connectivity index (χ1) is 8.80. The van der Waals surface area contributed by atoms with E-state index in [1.807, 2.05) is 12.1 Å². The van der Waals surface area contributed by atoms with Crippen LogP contribution in [-0.4, -0.2) is 24.3 Å². The van der Waals surface area contributed by atoms with Gasteiger partial charge in [-0.05, 0) is 37.4 Å². The van der Waals surface area contributed by atoms with Crippen molar-refractivity contribution in [3.05, 3.63) is 48.3 Å². The number of nitrogens with zero attached hydrogens (tertiary/aromatic N) is 1. The number of rotatable bonds is 5. The van der Waals surface area contributed by atoms with E-state index in [-0.39, 0.29) is 0 Å². The lowest BCUT2D eigenvalue weighted by Gasteiger charge is -2.15. The first kappa shape index (κ1) is 14.3. The second-order valence-electron chi connectivity index (χ2n) is 3.67. The van der Waals surface area contributed by atoms with Crippen molar-refractivity contribution in [2.75, 3.05) is 13.1 Å². The van der Waals surface area contributed by atoms with Gasteiger partial charge in [-0.1, -0.05) is 13.8 Å². The van der Waals surface area contributed by atoms with Crippen LogP contribution in [0.4, 0.5) is 0 Å². The molecule has 4 heteroatoms. The molecule has 2 aromatic heterocycles. The van der Waals surface area contributed by atoms with Crippen molar-refractivity contribution in [1.29, 1.82) is 0 Å². The Morgan fingerprint density at radius 2 is 1.78 bits per heavy atom. The third-order valence-electron chi connectivity index (χ3n) is 2.51. The SMILES string of the molecule is CCN(CC)Cc1ccco1.O=Cc1ccco1. The Balaban J connectivity index is 0.000000199. The Labute approximate surface area is 107 Å². The van der Waals surface area contributed by atoms with Gasteiger partial charge in [0.05, 0.1) is 19.1 Å². The molecule has 0 aliphatic rings. The zero-order valence-corrected chi connectivity index (χ0v) is 10.8. The number of hydrogen-bond acceptors (Lipinski definition) is 4. The molecule has 0 amide bonds. The van der Waals surface area contributed by atoms with Gasteiger partial charge in [-0.3, -0.25) is 9.69 Å². The van der Waals surface area contributed by atoms with E-state index in [2.05, 4.69) is 23.2 Å². The van der Waals surface area contributed by atoms with Gasteiger partial charge in [0.2, 0.25) is 0 Å². The van der Waals surface area contributed by atoms with Crippen LogP contribution in [0.3, 0.4) is 0 Å². The van der Waals surface area contributed by atoms with Crippen molar-refractivity contribution < 1.29 is 13.6 Å². The predicted molar refractivity (Wildman–Crippen MR) is 69.4 cm³/mol. The molecule has 0 radical (unpaired) electrons. The highest BCUT2D eigenvalue weighted by Crippen LogP contribution is 2.03. The Morgan fingerprint density at radius 3 is 2.17 bits per heavy atom. The Bertz CT molecular complexity index is 402. The molecular weight excluding hydrogens is 230 g/mol. The summed E-state index contributed by atoms with van der Waals surface area (Å²) in [6.45, 7) is 7.41. The molecule has 0 aliphatic carbocycles. The smallest absolute Gasteiger partial charge is 0.185 e. The summed E-state index contributed by atoms with van der Waals surface area (Å²) < 4.78 is 9.84. The highest BCUT2D eigenvalue weighted by molar-refractivity contribution is 5.69. The average Bonchev–Trinajstić information content (AvgIpc) is 3.09. The molecule has 4 nitrogen and oxygen atoms in total. The second kappa shape index (κ2) is 8.31. The minimum absolute atomic E-state index is 0.375. The summed E-state index contributed by atoms with van der Waals surface area (Å²) in [5.41, 5.74) is 0. The monoisotopic (exact) mass is 249 g/mol. The van der Waals surface area contributed by atoms with E-state index in [1.165, 1.54) is 6.26 Å². The highest BCUT2D eigenvalue weighted by Gasteiger charge is 2.01. The number of carbonyl (C=O) groups is 1. The van der Waals surface area contributed by atoms with Crippen LogP contribution in [-0.2, 0) is 6.54 Å². The zero-order valence-electron chi connectivity index (χ0n) is 10.8. The third-order valence-corrected chi connectivity index (χ3v) is 2.51. The van der Waals surface area contributed by atoms with Gasteiger partial charge in [-0.2, -0.15) is 0 Å². The molecule has 0 spiro atoms. The summed E-state index contributed by atoms with van der Waals surface area (Å²) in [7, 11) is 0. The van der Waals surface area contributed by atoms with Crippen LogP contribution in [0.2, 0.25) is 0 Å². The first-order valence-electron chi connectivity index (χ1n) is 6.03. The summed E-state index contributed by atoms with van der Waals surface area (Å²) in [6, 6.07) is 7.22. The molecule has 0 bridgehead atoms. The average molecular weight is 249 g/mol. The fourth-order valence-electron chi connectivity index (χ4n) is 1.43. The fourth-order valence-corrected chi connectivity index (χ4v) is 1.43. The van der Waals surface area contributed by atoms with Crippen molar-refractivity contribution in [3.63, 3.8) is 0 Å². The third kappa shape index (κ3) is 5.01. The van der Waals surface area contributed by atoms with Crippen molar-refractivity contribution >= 4 is 6.29 Å². The molecule has 98 valence electrons. The molecule has 0 saturated carbocycles. The molecule has 0 N–H and O–H groups in total. The predicted octanol–water partition coefficient (Wildman–Crippen LogP) is 3.21. The molecule has 2 heterocycles. The Hall–Kier alpha value is -1.81. The molecule has 0 saturated heterocycles. The lowest BCUT2D eigenvalue weighted by molar-refractivity contribution is 0.110. The van der Waals surface area contributed by atoms with Crippen molar-refractivity contribution in [1.82, 2.24) is 4.90 Å². The van der Waals surface area contributed by atoms with Gasteiger partial charge >= 0.3 is 0 Å². The van der Waals surface area contributed by atoms with E-state index in [1.54, 1.807) is 18.4 Å². The van der Waals surface area contributed by atoms with E-state index >= 15 is 0 Å². The molecule has 18 heavy (non-hydrogen) atoms. The number of furan rings is 2. The molecule has 0 unspecified atom stereocenters. The topological polar surface area (TPSA) is 46.6 Å². The largest absolute Gasteiger partial charge is 0.468 e. The Morgan fingerprint density at radius 1 is 1.11 bits per heavy atom. The van der Waals surface area contributed by atoms with Crippen LogP contribution in [0.1, 0.15) is 30.2 Å². The first-order valence-corrected chi connectivity index (χ1v) is 6.03. The van der Waals surface area contributed by atoms with Crippen LogP contribution in [0.15, 0.2) is 45.6 Å². The molecule has 2 rings (SSSR count). The lowest BCUT2D eigenvalue weighted by atomic mass is 10.4. The normalized spacial score (nSPS) is 9.94. The van der Waals surface area contributed by atoms with Crippen LogP contribution in [0.5, 0.6) is 0 Å². The maximum absolute atomic E-state index is 9.77. The van der Waals surface area contributed by atoms with E-state index in [0.717, 1.165) is 25.4 Å². The van der Waals surface area contributed by atoms with Crippen LogP contribution in [0, 0.1) is 0 Å². The minimum atomic E-state index is 0.375. The van der Waals surface area contributed by atoms with Gasteiger partial charge in [0.15, 0.2) is 12.0 Å². The number of carbonyl (C=O) groups excluding carboxylic acids is 1. The van der Waals surface area contributed by atoms with Crippen molar-refractivity contribution in [2.45, 2.75) is 20.4 Å². The van der Waals surface area contributed by atoms with Gasteiger partial charge < -0.3 is 8.83 Å². The molecular formula is C14H19NO3. The molecule has 0 aromatic carbocycles. The quantitative estimate of drug-likeness (QED) is 0.763. The van der Waals surface area contributed by atoms with E-state index < -0.39 is 0 Å². The summed E-state index contributed by atoms with van der Waals surface area (Å²) in [6.07, 6.45) is 3.85. The summed E-state index contributed by atoms with van der Waals surface area (Å²) in [4.78, 5) is 12.1. The van der Waals surface area contributed by atoms with Crippen molar-refractivity contribution in [3.8, 4) is 0 Å². The van der Waals surface area contributed by atoms with Gasteiger partial charge in [-0.25, -0.2) is 0 Å².